The highest BCUT2D eigenvalue weighted by Crippen LogP contribution is 2.29. The monoisotopic (exact) mass is 348 g/mol. The maximum atomic E-state index is 12.2. The van der Waals surface area contributed by atoms with Gasteiger partial charge >= 0.3 is 5.69 Å². The largest absolute Gasteiger partial charge is 0.320 e. The molecule has 1 aromatic carbocycles. The summed E-state index contributed by atoms with van der Waals surface area (Å²) in [4.78, 5) is 36.7. The van der Waals surface area contributed by atoms with Crippen molar-refractivity contribution in [3.63, 3.8) is 0 Å². The molecule has 3 aromatic rings. The number of aromatic nitrogens is 3. The van der Waals surface area contributed by atoms with E-state index in [-0.39, 0.29) is 16.5 Å². The summed E-state index contributed by atoms with van der Waals surface area (Å²) in [6, 6.07) is 4.10. The average molecular weight is 348 g/mol. The van der Waals surface area contributed by atoms with Crippen LogP contribution in [0.1, 0.15) is 10.5 Å². The number of amides is 1. The van der Waals surface area contributed by atoms with E-state index >= 15 is 0 Å². The number of thiazole rings is 1. The third-order valence-electron chi connectivity index (χ3n) is 3.02. The van der Waals surface area contributed by atoms with Crippen LogP contribution in [0.3, 0.4) is 0 Å². The lowest BCUT2D eigenvalue weighted by molar-refractivity contribution is -0.385. The molecule has 2 heterocycles. The lowest BCUT2D eigenvalue weighted by atomic mass is 10.3. The summed E-state index contributed by atoms with van der Waals surface area (Å²) in [5.74, 6) is -0.782. The fourth-order valence-corrected chi connectivity index (χ4v) is 2.90. The van der Waals surface area contributed by atoms with E-state index in [2.05, 4.69) is 15.4 Å². The van der Waals surface area contributed by atoms with Crippen molar-refractivity contribution in [1.82, 2.24) is 14.8 Å². The molecule has 24 heavy (non-hydrogen) atoms. The molecule has 122 valence electrons. The van der Waals surface area contributed by atoms with Crippen LogP contribution < -0.4 is 5.32 Å². The standard InChI is InChI=1S/C12H8N6O5S/c1-16-5-8(18(22)23)10(15-16)11(19)14-12-13-7-3-2-6(17(20)21)4-9(7)24-12/h2-5H,1H3,(H,13,14,19). The molecule has 3 rings (SSSR count). The summed E-state index contributed by atoms with van der Waals surface area (Å²) in [7, 11) is 1.46. The Morgan fingerprint density at radius 2 is 2.04 bits per heavy atom. The van der Waals surface area contributed by atoms with E-state index < -0.39 is 21.4 Å². The third-order valence-corrected chi connectivity index (χ3v) is 3.96. The minimum absolute atomic E-state index is 0.0932. The van der Waals surface area contributed by atoms with Gasteiger partial charge in [-0.1, -0.05) is 11.3 Å². The van der Waals surface area contributed by atoms with E-state index in [4.69, 9.17) is 0 Å². The zero-order valence-electron chi connectivity index (χ0n) is 12.0. The van der Waals surface area contributed by atoms with Crippen LogP contribution in [0, 0.1) is 20.2 Å². The van der Waals surface area contributed by atoms with E-state index in [0.29, 0.717) is 10.2 Å². The Hall–Kier alpha value is -3.41. The average Bonchev–Trinajstić information content (AvgIpc) is 3.08. The SMILES string of the molecule is Cn1cc([N+](=O)[O-])c(C(=O)Nc2nc3ccc([N+](=O)[O-])cc3s2)n1. The number of nitrogens with one attached hydrogen (secondary N) is 1. The second-order valence-corrected chi connectivity index (χ2v) is 5.71. The van der Waals surface area contributed by atoms with Crippen LogP contribution in [0.15, 0.2) is 24.4 Å². The highest BCUT2D eigenvalue weighted by atomic mass is 32.1. The number of hydrogen-bond donors (Lipinski definition) is 1. The van der Waals surface area contributed by atoms with Crippen molar-refractivity contribution >= 4 is 44.0 Å². The maximum absolute atomic E-state index is 12.2. The predicted molar refractivity (Wildman–Crippen MR) is 84.1 cm³/mol. The van der Waals surface area contributed by atoms with Gasteiger partial charge in [0, 0.05) is 19.2 Å². The molecule has 0 aliphatic rings. The molecule has 1 amide bonds. The minimum atomic E-state index is -0.782. The summed E-state index contributed by atoms with van der Waals surface area (Å²) in [5, 5.41) is 28.0. The summed E-state index contributed by atoms with van der Waals surface area (Å²) in [6.45, 7) is 0. The Kier molecular flexibility index (Phi) is 3.65. The molecular formula is C12H8N6O5S. The molecule has 2 aromatic heterocycles. The number of nitrogens with zero attached hydrogens (tertiary/aromatic N) is 5. The lowest BCUT2D eigenvalue weighted by Gasteiger charge is -1.97. The highest BCUT2D eigenvalue weighted by Gasteiger charge is 2.25. The fraction of sp³-hybridized carbons (Fsp3) is 0.0833. The molecule has 0 fully saturated rings. The molecule has 0 saturated heterocycles. The van der Waals surface area contributed by atoms with Crippen molar-refractivity contribution in [2.75, 3.05) is 5.32 Å². The van der Waals surface area contributed by atoms with Gasteiger partial charge in [0.1, 0.15) is 6.20 Å². The number of benzene rings is 1. The van der Waals surface area contributed by atoms with E-state index in [1.165, 1.54) is 25.2 Å². The molecule has 0 saturated carbocycles. The Morgan fingerprint density at radius 3 is 2.71 bits per heavy atom. The molecule has 0 radical (unpaired) electrons. The third kappa shape index (κ3) is 2.77. The second-order valence-electron chi connectivity index (χ2n) is 4.68. The minimum Gasteiger partial charge on any atom is -0.296 e. The van der Waals surface area contributed by atoms with Gasteiger partial charge < -0.3 is 0 Å². The van der Waals surface area contributed by atoms with Crippen LogP contribution in [0.5, 0.6) is 0 Å². The van der Waals surface area contributed by atoms with Gasteiger partial charge in [0.15, 0.2) is 5.13 Å². The quantitative estimate of drug-likeness (QED) is 0.561. The van der Waals surface area contributed by atoms with Crippen LogP contribution in [-0.2, 0) is 7.05 Å². The summed E-state index contributed by atoms with van der Waals surface area (Å²) >= 11 is 1.02. The normalized spacial score (nSPS) is 10.7. The lowest BCUT2D eigenvalue weighted by Crippen LogP contribution is -2.14. The zero-order valence-corrected chi connectivity index (χ0v) is 12.8. The van der Waals surface area contributed by atoms with Gasteiger partial charge in [-0.2, -0.15) is 5.10 Å². The van der Waals surface area contributed by atoms with E-state index in [0.717, 1.165) is 22.2 Å². The van der Waals surface area contributed by atoms with Crippen LogP contribution in [0.4, 0.5) is 16.5 Å². The molecule has 0 unspecified atom stereocenters. The van der Waals surface area contributed by atoms with Crippen molar-refractivity contribution in [3.8, 4) is 0 Å². The second kappa shape index (κ2) is 5.66. The topological polar surface area (TPSA) is 146 Å². The van der Waals surface area contributed by atoms with Crippen molar-refractivity contribution in [2.24, 2.45) is 7.05 Å². The molecule has 12 heteroatoms. The van der Waals surface area contributed by atoms with Crippen molar-refractivity contribution in [1.29, 1.82) is 0 Å². The van der Waals surface area contributed by atoms with Gasteiger partial charge in [0.2, 0.25) is 5.69 Å². The highest BCUT2D eigenvalue weighted by molar-refractivity contribution is 7.22. The summed E-state index contributed by atoms with van der Waals surface area (Å²) in [6.07, 6.45) is 1.12. The van der Waals surface area contributed by atoms with Crippen LogP contribution in [0.2, 0.25) is 0 Å². The van der Waals surface area contributed by atoms with Crippen molar-refractivity contribution in [2.45, 2.75) is 0 Å². The van der Waals surface area contributed by atoms with E-state index in [1.807, 2.05) is 0 Å². The molecule has 1 N–H and O–H groups in total. The van der Waals surface area contributed by atoms with Crippen LogP contribution in [0.25, 0.3) is 10.2 Å². The molecule has 11 nitrogen and oxygen atoms in total. The number of nitro benzene ring substituents is 1. The molecular weight excluding hydrogens is 340 g/mol. The number of carbonyl (C=O) groups is 1. The van der Waals surface area contributed by atoms with Crippen LogP contribution >= 0.6 is 11.3 Å². The Morgan fingerprint density at radius 1 is 1.29 bits per heavy atom. The Balaban J connectivity index is 1.91. The fourth-order valence-electron chi connectivity index (χ4n) is 2.01. The van der Waals surface area contributed by atoms with Crippen molar-refractivity contribution in [3.05, 3.63) is 50.3 Å². The van der Waals surface area contributed by atoms with Gasteiger partial charge in [-0.05, 0) is 6.07 Å². The number of rotatable bonds is 4. The Bertz CT molecular complexity index is 993. The van der Waals surface area contributed by atoms with Crippen molar-refractivity contribution < 1.29 is 14.6 Å². The first-order chi connectivity index (χ1) is 11.3. The van der Waals surface area contributed by atoms with Gasteiger partial charge in [0.25, 0.3) is 11.6 Å². The number of carbonyl (C=O) groups excluding carboxylic acids is 1. The molecule has 0 spiro atoms. The number of anilines is 1. The maximum Gasteiger partial charge on any atom is 0.320 e. The first-order valence-corrected chi connectivity index (χ1v) is 7.21. The first kappa shape index (κ1) is 15.5. The van der Waals surface area contributed by atoms with E-state index in [1.54, 1.807) is 0 Å². The molecule has 0 aliphatic heterocycles. The number of fused-ring (bicyclic) bond motifs is 1. The number of aryl methyl sites for hydroxylation is 1. The van der Waals surface area contributed by atoms with Crippen LogP contribution in [-0.4, -0.2) is 30.5 Å². The molecule has 0 atom stereocenters. The summed E-state index contributed by atoms with van der Waals surface area (Å²) < 4.78 is 1.67. The smallest absolute Gasteiger partial charge is 0.296 e. The zero-order chi connectivity index (χ0) is 17.4. The number of non-ortho nitro benzene ring substituents is 1. The van der Waals surface area contributed by atoms with Gasteiger partial charge in [-0.15, -0.1) is 0 Å². The van der Waals surface area contributed by atoms with Gasteiger partial charge in [-0.25, -0.2) is 4.98 Å². The number of hydrogen-bond acceptors (Lipinski definition) is 8. The summed E-state index contributed by atoms with van der Waals surface area (Å²) in [5.41, 5.74) is -0.389. The predicted octanol–water partition coefficient (Wildman–Crippen LogP) is 2.10. The molecule has 0 bridgehead atoms. The molecule has 0 aliphatic carbocycles. The van der Waals surface area contributed by atoms with E-state index in [9.17, 15) is 25.0 Å². The van der Waals surface area contributed by atoms with Gasteiger partial charge in [-0.3, -0.25) is 35.0 Å². The van der Waals surface area contributed by atoms with Gasteiger partial charge in [0.05, 0.1) is 20.1 Å². The number of nitro groups is 2. The first-order valence-electron chi connectivity index (χ1n) is 6.39. The Labute approximate surface area is 136 Å².